The van der Waals surface area contributed by atoms with Crippen LogP contribution in [-0.2, 0) is 16.0 Å². The second-order valence-corrected chi connectivity index (χ2v) is 5.75. The van der Waals surface area contributed by atoms with Crippen molar-refractivity contribution in [2.75, 3.05) is 11.9 Å². The van der Waals surface area contributed by atoms with Gasteiger partial charge < -0.3 is 14.5 Å². The Kier molecular flexibility index (Phi) is 5.61. The van der Waals surface area contributed by atoms with Gasteiger partial charge in [0.25, 0.3) is 0 Å². The molecule has 3 aromatic rings. The van der Waals surface area contributed by atoms with E-state index >= 15 is 0 Å². The van der Waals surface area contributed by atoms with E-state index in [0.29, 0.717) is 28.6 Å². The van der Waals surface area contributed by atoms with Gasteiger partial charge in [-0.1, -0.05) is 12.1 Å². The highest BCUT2D eigenvalue weighted by Gasteiger charge is 2.17. The van der Waals surface area contributed by atoms with Crippen LogP contribution in [0, 0.1) is 6.92 Å². The van der Waals surface area contributed by atoms with Crippen LogP contribution in [0.25, 0.3) is 11.5 Å². The van der Waals surface area contributed by atoms with Crippen LogP contribution in [0.1, 0.15) is 28.7 Å². The van der Waals surface area contributed by atoms with E-state index in [1.807, 2.05) is 6.07 Å². The number of carbonyl (C=O) groups excluding carboxylic acids is 2. The van der Waals surface area contributed by atoms with Crippen molar-refractivity contribution in [1.82, 2.24) is 9.97 Å². The van der Waals surface area contributed by atoms with Gasteiger partial charge in [-0.05, 0) is 38.1 Å². The minimum atomic E-state index is -0.482. The lowest BCUT2D eigenvalue weighted by molar-refractivity contribution is -0.115. The molecule has 0 radical (unpaired) electrons. The number of benzene rings is 1. The number of ether oxygens (including phenoxy) is 1. The first-order valence-corrected chi connectivity index (χ1v) is 8.51. The van der Waals surface area contributed by atoms with Gasteiger partial charge in [-0.25, -0.2) is 9.78 Å². The molecule has 0 bridgehead atoms. The summed E-state index contributed by atoms with van der Waals surface area (Å²) >= 11 is 0. The zero-order valence-electron chi connectivity index (χ0n) is 15.1. The van der Waals surface area contributed by atoms with Crippen molar-refractivity contribution in [2.24, 2.45) is 0 Å². The fraction of sp³-hybridized carbons (Fsp3) is 0.200. The molecule has 7 nitrogen and oxygen atoms in total. The molecule has 0 aliphatic carbocycles. The average Bonchev–Trinajstić information content (AvgIpc) is 3.03. The summed E-state index contributed by atoms with van der Waals surface area (Å²) in [5, 5.41) is 2.74. The van der Waals surface area contributed by atoms with Gasteiger partial charge in [0.1, 0.15) is 5.76 Å². The minimum absolute atomic E-state index is 0.0206. The van der Waals surface area contributed by atoms with Crippen molar-refractivity contribution in [2.45, 2.75) is 20.3 Å². The molecule has 138 valence electrons. The molecule has 1 aromatic carbocycles. The molecule has 2 aromatic heterocycles. The number of rotatable bonds is 6. The van der Waals surface area contributed by atoms with Crippen molar-refractivity contribution in [1.29, 1.82) is 0 Å². The summed E-state index contributed by atoms with van der Waals surface area (Å²) in [5.74, 6) is 0.184. The summed E-state index contributed by atoms with van der Waals surface area (Å²) < 4.78 is 10.7. The molecule has 2 heterocycles. The van der Waals surface area contributed by atoms with Gasteiger partial charge >= 0.3 is 5.97 Å². The largest absolute Gasteiger partial charge is 0.462 e. The van der Waals surface area contributed by atoms with E-state index in [0.717, 1.165) is 5.56 Å². The van der Waals surface area contributed by atoms with Gasteiger partial charge in [-0.3, -0.25) is 9.78 Å². The maximum atomic E-state index is 12.5. The number of aromatic nitrogens is 2. The summed E-state index contributed by atoms with van der Waals surface area (Å²) in [6.07, 6.45) is 3.33. The smallest absolute Gasteiger partial charge is 0.340 e. The van der Waals surface area contributed by atoms with E-state index in [1.165, 1.54) is 0 Å². The number of oxazole rings is 1. The molecule has 27 heavy (non-hydrogen) atoms. The van der Waals surface area contributed by atoms with Gasteiger partial charge in [-0.15, -0.1) is 0 Å². The van der Waals surface area contributed by atoms with Crippen molar-refractivity contribution in [3.05, 3.63) is 65.8 Å². The Labute approximate surface area is 156 Å². The van der Waals surface area contributed by atoms with Crippen molar-refractivity contribution >= 4 is 17.6 Å². The number of hydrogen-bond acceptors (Lipinski definition) is 6. The number of anilines is 1. The molecule has 1 amide bonds. The third kappa shape index (κ3) is 4.38. The number of nitrogens with zero attached hydrogens (tertiary/aromatic N) is 2. The van der Waals surface area contributed by atoms with Gasteiger partial charge in [0.05, 0.1) is 35.5 Å². The molecule has 0 fully saturated rings. The minimum Gasteiger partial charge on any atom is -0.462 e. The van der Waals surface area contributed by atoms with Crippen LogP contribution >= 0.6 is 0 Å². The van der Waals surface area contributed by atoms with E-state index in [4.69, 9.17) is 9.15 Å². The molecular weight excluding hydrogens is 346 g/mol. The van der Waals surface area contributed by atoms with Crippen LogP contribution in [0.4, 0.5) is 5.69 Å². The van der Waals surface area contributed by atoms with Crippen LogP contribution in [0.15, 0.2) is 53.2 Å². The van der Waals surface area contributed by atoms with E-state index in [1.54, 1.807) is 56.6 Å². The average molecular weight is 365 g/mol. The fourth-order valence-corrected chi connectivity index (χ4v) is 2.53. The standard InChI is InChI=1S/C20H19N3O4/c1-3-26-20(25)15-8-4-5-9-16(15)22-18(24)11-17-13(2)27-19(23-17)14-7-6-10-21-12-14/h4-10,12H,3,11H2,1-2H3,(H,22,24). The number of para-hydroxylation sites is 1. The first-order chi connectivity index (χ1) is 13.1. The highest BCUT2D eigenvalue weighted by atomic mass is 16.5. The highest BCUT2D eigenvalue weighted by molar-refractivity contribution is 6.01. The zero-order valence-corrected chi connectivity index (χ0v) is 15.1. The maximum absolute atomic E-state index is 12.5. The van der Waals surface area contributed by atoms with Crippen LogP contribution < -0.4 is 5.32 Å². The van der Waals surface area contributed by atoms with Gasteiger partial charge in [0.2, 0.25) is 11.8 Å². The molecule has 0 unspecified atom stereocenters. The van der Waals surface area contributed by atoms with Crippen LogP contribution in [0.3, 0.4) is 0 Å². The van der Waals surface area contributed by atoms with E-state index in [9.17, 15) is 9.59 Å². The van der Waals surface area contributed by atoms with Crippen molar-refractivity contribution in [3.63, 3.8) is 0 Å². The summed E-state index contributed by atoms with van der Waals surface area (Å²) in [4.78, 5) is 32.9. The Morgan fingerprint density at radius 2 is 2.00 bits per heavy atom. The molecule has 0 aliphatic rings. The van der Waals surface area contributed by atoms with E-state index < -0.39 is 5.97 Å². The Morgan fingerprint density at radius 1 is 1.19 bits per heavy atom. The quantitative estimate of drug-likeness (QED) is 0.673. The van der Waals surface area contributed by atoms with Crippen LogP contribution in [0.2, 0.25) is 0 Å². The molecular formula is C20H19N3O4. The summed E-state index contributed by atoms with van der Waals surface area (Å²) in [5.41, 5.74) is 1.97. The fourth-order valence-electron chi connectivity index (χ4n) is 2.53. The molecule has 3 rings (SSSR count). The third-order valence-electron chi connectivity index (χ3n) is 3.83. The maximum Gasteiger partial charge on any atom is 0.340 e. The number of pyridine rings is 1. The molecule has 0 aliphatic heterocycles. The normalized spacial score (nSPS) is 10.4. The lowest BCUT2D eigenvalue weighted by Crippen LogP contribution is -2.18. The lowest BCUT2D eigenvalue weighted by Gasteiger charge is -2.09. The summed E-state index contributed by atoms with van der Waals surface area (Å²) in [6, 6.07) is 10.3. The van der Waals surface area contributed by atoms with Gasteiger partial charge in [0.15, 0.2) is 0 Å². The van der Waals surface area contributed by atoms with Gasteiger partial charge in [-0.2, -0.15) is 0 Å². The van der Waals surface area contributed by atoms with Crippen LogP contribution in [0.5, 0.6) is 0 Å². The van der Waals surface area contributed by atoms with Crippen LogP contribution in [-0.4, -0.2) is 28.5 Å². The molecule has 1 N–H and O–H groups in total. The number of carbonyl (C=O) groups is 2. The highest BCUT2D eigenvalue weighted by Crippen LogP contribution is 2.22. The first kappa shape index (κ1) is 18.3. The predicted molar refractivity (Wildman–Crippen MR) is 99.2 cm³/mol. The zero-order chi connectivity index (χ0) is 19.2. The molecule has 0 spiro atoms. The lowest BCUT2D eigenvalue weighted by atomic mass is 10.1. The summed E-state index contributed by atoms with van der Waals surface area (Å²) in [6.45, 7) is 3.74. The number of nitrogens with one attached hydrogen (secondary N) is 1. The Bertz CT molecular complexity index is 951. The number of aryl methyl sites for hydroxylation is 1. The topological polar surface area (TPSA) is 94.3 Å². The first-order valence-electron chi connectivity index (χ1n) is 8.51. The predicted octanol–water partition coefficient (Wildman–Crippen LogP) is 3.40. The molecule has 0 atom stereocenters. The second-order valence-electron chi connectivity index (χ2n) is 5.75. The number of amides is 1. The third-order valence-corrected chi connectivity index (χ3v) is 3.83. The molecule has 7 heteroatoms. The Hall–Kier alpha value is -3.48. The Balaban J connectivity index is 1.74. The van der Waals surface area contributed by atoms with E-state index in [-0.39, 0.29) is 18.9 Å². The SMILES string of the molecule is CCOC(=O)c1ccccc1NC(=O)Cc1nc(-c2cccnc2)oc1C. The van der Waals surface area contributed by atoms with E-state index in [2.05, 4.69) is 15.3 Å². The number of hydrogen-bond donors (Lipinski definition) is 1. The molecule has 0 saturated carbocycles. The van der Waals surface area contributed by atoms with Gasteiger partial charge in [0, 0.05) is 12.4 Å². The van der Waals surface area contributed by atoms with Crippen molar-refractivity contribution in [3.8, 4) is 11.5 Å². The second kappa shape index (κ2) is 8.27. The Morgan fingerprint density at radius 3 is 2.74 bits per heavy atom. The molecule has 0 saturated heterocycles. The summed E-state index contributed by atoms with van der Waals surface area (Å²) in [7, 11) is 0. The monoisotopic (exact) mass is 365 g/mol. The van der Waals surface area contributed by atoms with Crippen molar-refractivity contribution < 1.29 is 18.7 Å². The number of esters is 1.